The van der Waals surface area contributed by atoms with Crippen LogP contribution < -0.4 is 9.47 Å². The molecule has 0 fully saturated rings. The van der Waals surface area contributed by atoms with Crippen molar-refractivity contribution >= 4 is 0 Å². The predicted octanol–water partition coefficient (Wildman–Crippen LogP) is 1.68. The van der Waals surface area contributed by atoms with E-state index in [1.165, 1.54) is 14.2 Å². The summed E-state index contributed by atoms with van der Waals surface area (Å²) in [6.07, 6.45) is 0. The van der Waals surface area contributed by atoms with Gasteiger partial charge in [-0.1, -0.05) is 6.07 Å². The topological polar surface area (TPSA) is 27.7 Å². The molecular weight excluding hydrogens is 156 g/mol. The molecule has 0 aliphatic rings. The maximum Gasteiger partial charge on any atom is 0.188 e. The van der Waals surface area contributed by atoms with Crippen molar-refractivity contribution in [3.63, 3.8) is 0 Å². The number of rotatable bonds is 4. The predicted molar refractivity (Wildman–Crippen MR) is 45.5 cm³/mol. The highest BCUT2D eigenvalue weighted by Gasteiger charge is 1.94. The molecule has 3 heteroatoms. The molecule has 12 heavy (non-hydrogen) atoms. The van der Waals surface area contributed by atoms with Crippen LogP contribution in [0.1, 0.15) is 1.37 Å². The van der Waals surface area contributed by atoms with E-state index in [2.05, 4.69) is 0 Å². The Morgan fingerprint density at radius 1 is 1.33 bits per heavy atom. The second-order valence-electron chi connectivity index (χ2n) is 2.13. The minimum absolute atomic E-state index is 0.138. The van der Waals surface area contributed by atoms with Crippen molar-refractivity contribution in [1.82, 2.24) is 0 Å². The smallest absolute Gasteiger partial charge is 0.188 e. The zero-order valence-corrected chi connectivity index (χ0v) is 7.16. The Kier molecular flexibility index (Phi) is 2.86. The van der Waals surface area contributed by atoms with Gasteiger partial charge in [-0.25, -0.2) is 0 Å². The first-order chi connectivity index (χ1) is 6.29. The van der Waals surface area contributed by atoms with Crippen LogP contribution in [0.5, 0.6) is 11.5 Å². The third-order valence-electron chi connectivity index (χ3n) is 1.29. The van der Waals surface area contributed by atoms with Crippen LogP contribution in [0.4, 0.5) is 0 Å². The van der Waals surface area contributed by atoms with Gasteiger partial charge >= 0.3 is 0 Å². The van der Waals surface area contributed by atoms with Crippen LogP contribution in [0.15, 0.2) is 24.2 Å². The Balaban J connectivity index is 2.81. The molecule has 0 bridgehead atoms. The fourth-order valence-corrected chi connectivity index (χ4v) is 0.753. The summed E-state index contributed by atoms with van der Waals surface area (Å²) >= 11 is 0. The first kappa shape index (κ1) is 7.43. The van der Waals surface area contributed by atoms with Crippen molar-refractivity contribution in [2.24, 2.45) is 0 Å². The zero-order valence-electron chi connectivity index (χ0n) is 8.16. The second-order valence-corrected chi connectivity index (χ2v) is 2.13. The van der Waals surface area contributed by atoms with Gasteiger partial charge in [0.1, 0.15) is 11.5 Å². The van der Waals surface area contributed by atoms with Gasteiger partial charge in [0.15, 0.2) is 6.79 Å². The molecule has 0 amide bonds. The summed E-state index contributed by atoms with van der Waals surface area (Å²) in [5.74, 6) is 0.954. The summed E-state index contributed by atoms with van der Waals surface area (Å²) in [7, 11) is 3.05. The van der Waals surface area contributed by atoms with Crippen LogP contribution in [0.25, 0.3) is 0 Å². The molecule has 0 aromatic heterocycles. The maximum atomic E-state index is 7.62. The molecule has 66 valence electrons. The molecule has 1 aromatic carbocycles. The molecule has 0 aliphatic carbocycles. The summed E-state index contributed by atoms with van der Waals surface area (Å²) in [5.41, 5.74) is 0. The van der Waals surface area contributed by atoms with Gasteiger partial charge in [0.25, 0.3) is 0 Å². The zero-order chi connectivity index (χ0) is 9.68. The van der Waals surface area contributed by atoms with Crippen LogP contribution in [-0.2, 0) is 4.74 Å². The van der Waals surface area contributed by atoms with Crippen molar-refractivity contribution in [3.05, 3.63) is 24.2 Å². The van der Waals surface area contributed by atoms with E-state index in [1.807, 2.05) is 0 Å². The van der Waals surface area contributed by atoms with E-state index >= 15 is 0 Å². The fraction of sp³-hybridized carbons (Fsp3) is 0.333. The molecule has 0 N–H and O–H groups in total. The van der Waals surface area contributed by atoms with Crippen molar-refractivity contribution in [3.8, 4) is 11.5 Å². The van der Waals surface area contributed by atoms with E-state index in [-0.39, 0.29) is 12.8 Å². The van der Waals surface area contributed by atoms with E-state index in [9.17, 15) is 0 Å². The Morgan fingerprint density at radius 3 is 2.75 bits per heavy atom. The number of hydrogen-bond acceptors (Lipinski definition) is 3. The van der Waals surface area contributed by atoms with Gasteiger partial charge in [-0.05, 0) is 12.1 Å². The number of hydrogen-bond donors (Lipinski definition) is 0. The van der Waals surface area contributed by atoms with E-state index in [4.69, 9.17) is 15.6 Å². The molecule has 0 spiro atoms. The van der Waals surface area contributed by atoms with Crippen LogP contribution in [0.2, 0.25) is 0 Å². The lowest BCUT2D eigenvalue weighted by atomic mass is 10.3. The highest BCUT2D eigenvalue weighted by atomic mass is 16.7. The van der Waals surface area contributed by atoms with E-state index in [0.717, 1.165) is 0 Å². The lowest BCUT2D eigenvalue weighted by molar-refractivity contribution is 0.0510. The van der Waals surface area contributed by atoms with Gasteiger partial charge < -0.3 is 14.2 Å². The average Bonchev–Trinajstić information content (AvgIpc) is 2.16. The minimum Gasteiger partial charge on any atom is -0.497 e. The van der Waals surface area contributed by atoms with Crippen LogP contribution in [0, 0.1) is 0 Å². The van der Waals surface area contributed by atoms with E-state index < -0.39 is 0 Å². The number of benzene rings is 1. The van der Waals surface area contributed by atoms with Gasteiger partial charge in [-0.2, -0.15) is 0 Å². The van der Waals surface area contributed by atoms with E-state index in [0.29, 0.717) is 11.5 Å². The Labute approximate surface area is 73.3 Å². The minimum atomic E-state index is 0.138. The molecule has 1 aromatic rings. The molecule has 3 nitrogen and oxygen atoms in total. The standard InChI is InChI=1S/C9H12O3/c1-10-7-12-9-5-3-4-8(6-9)11-2/h3-6H,7H2,1-2H3/i6D. The molecule has 1 rings (SSSR count). The van der Waals surface area contributed by atoms with Crippen molar-refractivity contribution in [2.45, 2.75) is 0 Å². The molecule has 0 aliphatic heterocycles. The Bertz CT molecular complexity index is 276. The van der Waals surface area contributed by atoms with Crippen molar-refractivity contribution in [2.75, 3.05) is 21.0 Å². The van der Waals surface area contributed by atoms with Gasteiger partial charge in [-0.3, -0.25) is 0 Å². The van der Waals surface area contributed by atoms with Crippen LogP contribution in [-0.4, -0.2) is 21.0 Å². The fourth-order valence-electron chi connectivity index (χ4n) is 0.753. The normalized spacial score (nSPS) is 10.7. The summed E-state index contributed by atoms with van der Waals surface area (Å²) in [6, 6.07) is 5.41. The monoisotopic (exact) mass is 169 g/mol. The van der Waals surface area contributed by atoms with Crippen molar-refractivity contribution in [1.29, 1.82) is 0 Å². The average molecular weight is 169 g/mol. The molecule has 0 radical (unpaired) electrons. The summed E-state index contributed by atoms with van der Waals surface area (Å²) in [5, 5.41) is 0. The maximum absolute atomic E-state index is 7.62. The SMILES string of the molecule is [2H]c1c(OC)cccc1OCOC. The first-order valence-corrected chi connectivity index (χ1v) is 3.55. The third kappa shape index (κ3) is 2.43. The molecule has 0 saturated carbocycles. The largest absolute Gasteiger partial charge is 0.497 e. The summed E-state index contributed by atoms with van der Waals surface area (Å²) in [6.45, 7) is 0.138. The Hall–Kier alpha value is -1.22. The number of ether oxygens (including phenoxy) is 3. The Morgan fingerprint density at radius 2 is 2.08 bits per heavy atom. The summed E-state index contributed by atoms with van der Waals surface area (Å²) < 4.78 is 22.4. The van der Waals surface area contributed by atoms with Gasteiger partial charge in [-0.15, -0.1) is 0 Å². The van der Waals surface area contributed by atoms with Crippen molar-refractivity contribution < 1.29 is 15.6 Å². The third-order valence-corrected chi connectivity index (χ3v) is 1.29. The van der Waals surface area contributed by atoms with Crippen LogP contribution >= 0.6 is 0 Å². The van der Waals surface area contributed by atoms with Gasteiger partial charge in [0, 0.05) is 13.2 Å². The second kappa shape index (κ2) is 4.62. The van der Waals surface area contributed by atoms with Gasteiger partial charge in [0.2, 0.25) is 0 Å². The lowest BCUT2D eigenvalue weighted by Crippen LogP contribution is -1.98. The quantitative estimate of drug-likeness (QED) is 0.642. The molecular formula is C9H12O3. The molecule has 0 atom stereocenters. The highest BCUT2D eigenvalue weighted by molar-refractivity contribution is 5.32. The summed E-state index contributed by atoms with van der Waals surface area (Å²) in [4.78, 5) is 0. The van der Waals surface area contributed by atoms with Gasteiger partial charge in [0.05, 0.1) is 8.48 Å². The highest BCUT2D eigenvalue weighted by Crippen LogP contribution is 2.18. The first-order valence-electron chi connectivity index (χ1n) is 4.05. The van der Waals surface area contributed by atoms with E-state index in [1.54, 1.807) is 18.2 Å². The lowest BCUT2D eigenvalue weighted by Gasteiger charge is -2.05. The number of methoxy groups -OCH3 is 2. The molecule has 0 heterocycles. The molecule has 0 saturated heterocycles. The van der Waals surface area contributed by atoms with Crippen LogP contribution in [0.3, 0.4) is 0 Å². The molecule has 0 unspecified atom stereocenters.